The van der Waals surface area contributed by atoms with Crippen LogP contribution in [0.3, 0.4) is 0 Å². The molecular weight excluding hydrogens is 264 g/mol. The van der Waals surface area contributed by atoms with Crippen LogP contribution in [0.2, 0.25) is 0 Å². The molecule has 1 atom stereocenters. The Morgan fingerprint density at radius 3 is 2.71 bits per heavy atom. The third-order valence-electron chi connectivity index (χ3n) is 3.99. The summed E-state index contributed by atoms with van der Waals surface area (Å²) >= 11 is 0. The lowest BCUT2D eigenvalue weighted by Crippen LogP contribution is -2.13. The van der Waals surface area contributed by atoms with E-state index in [0.717, 1.165) is 28.8 Å². The summed E-state index contributed by atoms with van der Waals surface area (Å²) in [6.07, 6.45) is 4.02. The average molecular weight is 278 g/mol. The van der Waals surface area contributed by atoms with Crippen LogP contribution in [-0.2, 0) is 4.79 Å². The van der Waals surface area contributed by atoms with Crippen LogP contribution in [0.4, 0.5) is 0 Å². The van der Waals surface area contributed by atoms with Crippen molar-refractivity contribution in [2.45, 2.75) is 12.3 Å². The second-order valence-electron chi connectivity index (χ2n) is 5.29. The Balaban J connectivity index is 1.70. The number of aromatic amines is 1. The Labute approximate surface area is 121 Å². The van der Waals surface area contributed by atoms with Gasteiger partial charge in [0.1, 0.15) is 12.0 Å². The molecule has 2 aromatic heterocycles. The third kappa shape index (κ3) is 2.07. The van der Waals surface area contributed by atoms with E-state index in [9.17, 15) is 4.79 Å². The summed E-state index contributed by atoms with van der Waals surface area (Å²) in [6, 6.07) is 10.3. The highest BCUT2D eigenvalue weighted by molar-refractivity contribution is 5.90. The number of nitrogens with zero attached hydrogens (tertiary/aromatic N) is 2. The molecule has 0 radical (unpaired) electrons. The number of H-pyrrole nitrogens is 1. The van der Waals surface area contributed by atoms with Crippen molar-refractivity contribution in [2.24, 2.45) is 0 Å². The van der Waals surface area contributed by atoms with Crippen molar-refractivity contribution in [2.75, 3.05) is 6.54 Å². The summed E-state index contributed by atoms with van der Waals surface area (Å²) in [7, 11) is 0. The van der Waals surface area contributed by atoms with E-state index in [2.05, 4.69) is 44.5 Å². The average Bonchev–Trinajstić information content (AvgIpc) is 3.15. The Morgan fingerprint density at radius 1 is 1.10 bits per heavy atom. The Morgan fingerprint density at radius 2 is 1.95 bits per heavy atom. The lowest BCUT2D eigenvalue weighted by molar-refractivity contribution is -0.119. The zero-order valence-electron chi connectivity index (χ0n) is 11.3. The molecule has 1 unspecified atom stereocenters. The Bertz CT molecular complexity index is 807. The molecule has 2 N–H and O–H groups in total. The van der Waals surface area contributed by atoms with E-state index in [1.54, 1.807) is 6.33 Å². The predicted octanol–water partition coefficient (Wildman–Crippen LogP) is 2.23. The van der Waals surface area contributed by atoms with Gasteiger partial charge < -0.3 is 10.3 Å². The molecule has 3 heterocycles. The highest BCUT2D eigenvalue weighted by atomic mass is 16.1. The maximum absolute atomic E-state index is 11.3. The highest BCUT2D eigenvalue weighted by Gasteiger charge is 2.22. The molecule has 4 rings (SSSR count). The first-order valence-electron chi connectivity index (χ1n) is 6.96. The van der Waals surface area contributed by atoms with Crippen molar-refractivity contribution in [3.8, 4) is 11.3 Å². The first-order valence-corrected chi connectivity index (χ1v) is 6.96. The maximum atomic E-state index is 11.3. The molecule has 1 saturated heterocycles. The van der Waals surface area contributed by atoms with Crippen LogP contribution in [-0.4, -0.2) is 27.4 Å². The van der Waals surface area contributed by atoms with Gasteiger partial charge in [0, 0.05) is 36.0 Å². The van der Waals surface area contributed by atoms with Crippen molar-refractivity contribution >= 4 is 16.9 Å². The number of hydrogen-bond donors (Lipinski definition) is 2. The van der Waals surface area contributed by atoms with Crippen LogP contribution in [0, 0.1) is 0 Å². The first-order chi connectivity index (χ1) is 10.3. The highest BCUT2D eigenvalue weighted by Crippen LogP contribution is 2.28. The van der Waals surface area contributed by atoms with Crippen LogP contribution in [0.15, 0.2) is 42.9 Å². The van der Waals surface area contributed by atoms with Gasteiger partial charge in [-0.05, 0) is 11.6 Å². The van der Waals surface area contributed by atoms with Crippen molar-refractivity contribution < 1.29 is 4.79 Å². The summed E-state index contributed by atoms with van der Waals surface area (Å²) in [5.74, 6) is 0.415. The van der Waals surface area contributed by atoms with Gasteiger partial charge in [0.05, 0.1) is 5.69 Å². The minimum Gasteiger partial charge on any atom is -0.355 e. The normalized spacial score (nSPS) is 18.1. The van der Waals surface area contributed by atoms with Crippen LogP contribution in [0.1, 0.15) is 17.9 Å². The SMILES string of the molecule is O=C1CC(c2ccc(-c3ncnc4[nH]ccc34)cc2)CN1. The predicted molar refractivity (Wildman–Crippen MR) is 79.7 cm³/mol. The molecule has 1 aliphatic heterocycles. The number of nitrogens with one attached hydrogen (secondary N) is 2. The molecule has 0 aliphatic carbocycles. The van der Waals surface area contributed by atoms with Gasteiger partial charge in [-0.2, -0.15) is 0 Å². The molecule has 1 fully saturated rings. The number of fused-ring (bicyclic) bond motifs is 1. The van der Waals surface area contributed by atoms with E-state index in [4.69, 9.17) is 0 Å². The Hall–Kier alpha value is -2.69. The van der Waals surface area contributed by atoms with Crippen LogP contribution < -0.4 is 5.32 Å². The molecule has 5 nitrogen and oxygen atoms in total. The summed E-state index contributed by atoms with van der Waals surface area (Å²) in [4.78, 5) is 23.0. The van der Waals surface area contributed by atoms with Gasteiger partial charge >= 0.3 is 0 Å². The van der Waals surface area contributed by atoms with Gasteiger partial charge in [-0.1, -0.05) is 24.3 Å². The number of carbonyl (C=O) groups is 1. The third-order valence-corrected chi connectivity index (χ3v) is 3.99. The molecule has 0 spiro atoms. The summed E-state index contributed by atoms with van der Waals surface area (Å²) in [5, 5.41) is 3.89. The van der Waals surface area contributed by atoms with Gasteiger partial charge in [-0.25, -0.2) is 9.97 Å². The molecule has 1 aromatic carbocycles. The molecule has 104 valence electrons. The monoisotopic (exact) mass is 278 g/mol. The van der Waals surface area contributed by atoms with E-state index >= 15 is 0 Å². The van der Waals surface area contributed by atoms with Gasteiger partial charge in [-0.15, -0.1) is 0 Å². The quantitative estimate of drug-likeness (QED) is 0.755. The van der Waals surface area contributed by atoms with E-state index in [-0.39, 0.29) is 11.8 Å². The summed E-state index contributed by atoms with van der Waals surface area (Å²) < 4.78 is 0. The van der Waals surface area contributed by atoms with Crippen molar-refractivity contribution in [3.05, 3.63) is 48.4 Å². The Kier molecular flexibility index (Phi) is 2.70. The van der Waals surface area contributed by atoms with Crippen LogP contribution in [0.25, 0.3) is 22.3 Å². The van der Waals surface area contributed by atoms with E-state index in [1.807, 2.05) is 12.3 Å². The fourth-order valence-corrected chi connectivity index (χ4v) is 2.86. The topological polar surface area (TPSA) is 70.7 Å². The second-order valence-corrected chi connectivity index (χ2v) is 5.29. The number of aromatic nitrogens is 3. The second kappa shape index (κ2) is 4.70. The molecule has 5 heteroatoms. The fourth-order valence-electron chi connectivity index (χ4n) is 2.86. The minimum atomic E-state index is 0.133. The largest absolute Gasteiger partial charge is 0.355 e. The molecule has 21 heavy (non-hydrogen) atoms. The zero-order valence-corrected chi connectivity index (χ0v) is 11.3. The van der Waals surface area contributed by atoms with E-state index in [0.29, 0.717) is 6.42 Å². The molecule has 0 saturated carbocycles. The summed E-state index contributed by atoms with van der Waals surface area (Å²) in [5.41, 5.74) is 4.02. The molecular formula is C16H14N4O. The number of hydrogen-bond acceptors (Lipinski definition) is 3. The van der Waals surface area contributed by atoms with E-state index in [1.165, 1.54) is 5.56 Å². The molecule has 1 aliphatic rings. The van der Waals surface area contributed by atoms with Crippen molar-refractivity contribution in [1.82, 2.24) is 20.3 Å². The van der Waals surface area contributed by atoms with Crippen LogP contribution >= 0.6 is 0 Å². The molecule has 1 amide bonds. The maximum Gasteiger partial charge on any atom is 0.220 e. The van der Waals surface area contributed by atoms with Gasteiger partial charge in [-0.3, -0.25) is 4.79 Å². The smallest absolute Gasteiger partial charge is 0.220 e. The van der Waals surface area contributed by atoms with Crippen molar-refractivity contribution in [3.63, 3.8) is 0 Å². The first kappa shape index (κ1) is 12.1. The number of amides is 1. The number of benzene rings is 1. The van der Waals surface area contributed by atoms with Gasteiger partial charge in [0.15, 0.2) is 0 Å². The standard InChI is InChI=1S/C16H14N4O/c21-14-7-12(8-18-14)10-1-3-11(4-2-10)15-13-5-6-17-16(13)20-9-19-15/h1-6,9,12H,7-8H2,(H,18,21)(H,17,19,20). The summed E-state index contributed by atoms with van der Waals surface area (Å²) in [6.45, 7) is 0.730. The number of carbonyl (C=O) groups excluding carboxylic acids is 1. The lowest BCUT2D eigenvalue weighted by Gasteiger charge is -2.09. The van der Waals surface area contributed by atoms with Crippen LogP contribution in [0.5, 0.6) is 0 Å². The zero-order chi connectivity index (χ0) is 14.2. The lowest BCUT2D eigenvalue weighted by atomic mass is 9.96. The number of rotatable bonds is 2. The molecule has 3 aromatic rings. The van der Waals surface area contributed by atoms with Crippen molar-refractivity contribution in [1.29, 1.82) is 0 Å². The van der Waals surface area contributed by atoms with E-state index < -0.39 is 0 Å². The fraction of sp³-hybridized carbons (Fsp3) is 0.188. The van der Waals surface area contributed by atoms with Gasteiger partial charge in [0.25, 0.3) is 0 Å². The van der Waals surface area contributed by atoms with Gasteiger partial charge in [0.2, 0.25) is 5.91 Å². The molecule has 0 bridgehead atoms. The minimum absolute atomic E-state index is 0.133.